The minimum absolute atomic E-state index is 0.189. The molecule has 1 aromatic rings. The third kappa shape index (κ3) is 3.18. The molecule has 0 aliphatic carbocycles. The maximum atomic E-state index is 10.3. The van der Waals surface area contributed by atoms with Crippen molar-refractivity contribution in [1.29, 1.82) is 5.26 Å². The van der Waals surface area contributed by atoms with Crippen LogP contribution >= 0.6 is 12.6 Å². The van der Waals surface area contributed by atoms with E-state index in [-0.39, 0.29) is 6.61 Å². The first-order valence-electron chi connectivity index (χ1n) is 3.57. The number of nitrogens with zero attached hydrogens (tertiary/aromatic N) is 1. The summed E-state index contributed by atoms with van der Waals surface area (Å²) in [5.41, 5.74) is 1.42. The normalized spacial score (nSPS) is 8.92. The van der Waals surface area contributed by atoms with Crippen molar-refractivity contribution < 1.29 is 9.53 Å². The van der Waals surface area contributed by atoms with Crippen LogP contribution < -0.4 is 0 Å². The molecule has 0 heterocycles. The Morgan fingerprint density at radius 1 is 1.46 bits per heavy atom. The van der Waals surface area contributed by atoms with E-state index in [1.807, 2.05) is 6.07 Å². The van der Waals surface area contributed by atoms with Crippen LogP contribution in [-0.2, 0) is 11.3 Å². The zero-order chi connectivity index (χ0) is 9.68. The molecule has 0 aromatic heterocycles. The summed E-state index contributed by atoms with van der Waals surface area (Å²) in [7, 11) is 0. The zero-order valence-electron chi connectivity index (χ0n) is 6.73. The fraction of sp³-hybridized carbons (Fsp3) is 0.111. The molecule has 66 valence electrons. The summed E-state index contributed by atoms with van der Waals surface area (Å²) >= 11 is 3.45. The summed E-state index contributed by atoms with van der Waals surface area (Å²) in [4.78, 5) is 10.3. The maximum Gasteiger partial charge on any atom is 0.364 e. The molecule has 13 heavy (non-hydrogen) atoms. The summed E-state index contributed by atoms with van der Waals surface area (Å²) < 4.78 is 4.64. The Balaban J connectivity index is 2.60. The second-order valence-corrected chi connectivity index (χ2v) is 2.73. The highest BCUT2D eigenvalue weighted by molar-refractivity contribution is 7.96. The number of carbonyl (C=O) groups excluding carboxylic acids is 1. The largest absolute Gasteiger partial charge is 0.453 e. The predicted octanol–water partition coefficient (Wildman–Crippen LogP) is 2.12. The molecule has 0 unspecified atom stereocenters. The lowest BCUT2D eigenvalue weighted by Crippen LogP contribution is -1.94. The first-order valence-corrected chi connectivity index (χ1v) is 4.02. The molecule has 4 heteroatoms. The van der Waals surface area contributed by atoms with Gasteiger partial charge in [0.05, 0.1) is 11.6 Å². The van der Waals surface area contributed by atoms with Crippen LogP contribution in [0.15, 0.2) is 24.3 Å². The summed E-state index contributed by atoms with van der Waals surface area (Å²) in [6.07, 6.45) is 0. The van der Waals surface area contributed by atoms with Gasteiger partial charge in [-0.1, -0.05) is 24.8 Å². The van der Waals surface area contributed by atoms with Gasteiger partial charge in [0.15, 0.2) is 0 Å². The number of hydrogen-bond donors (Lipinski definition) is 1. The fourth-order valence-corrected chi connectivity index (χ4v) is 0.885. The second kappa shape index (κ2) is 4.53. The molecule has 3 nitrogen and oxygen atoms in total. The van der Waals surface area contributed by atoms with Gasteiger partial charge in [0.1, 0.15) is 6.61 Å². The highest BCUT2D eigenvalue weighted by Crippen LogP contribution is 2.05. The summed E-state index contributed by atoms with van der Waals surface area (Å²) in [6, 6.07) is 8.80. The average molecular weight is 193 g/mol. The number of thiol groups is 1. The van der Waals surface area contributed by atoms with E-state index in [9.17, 15) is 4.79 Å². The van der Waals surface area contributed by atoms with Crippen molar-refractivity contribution in [2.75, 3.05) is 0 Å². The van der Waals surface area contributed by atoms with Gasteiger partial charge in [-0.2, -0.15) is 5.26 Å². The van der Waals surface area contributed by atoms with Gasteiger partial charge in [0.2, 0.25) is 0 Å². The molecular formula is C9H7NO2S. The topological polar surface area (TPSA) is 50.1 Å². The number of benzene rings is 1. The van der Waals surface area contributed by atoms with Crippen LogP contribution in [0.2, 0.25) is 0 Å². The van der Waals surface area contributed by atoms with Crippen LogP contribution in [-0.4, -0.2) is 5.30 Å². The van der Waals surface area contributed by atoms with Gasteiger partial charge in [-0.3, -0.25) is 0 Å². The molecule has 0 N–H and O–H groups in total. The molecule has 1 aromatic carbocycles. The average Bonchev–Trinajstić information content (AvgIpc) is 2.15. The summed E-state index contributed by atoms with van der Waals surface area (Å²) in [6.45, 7) is 0.189. The van der Waals surface area contributed by atoms with Gasteiger partial charge in [0, 0.05) is 0 Å². The van der Waals surface area contributed by atoms with Gasteiger partial charge in [-0.25, -0.2) is 4.79 Å². The molecule has 0 aliphatic heterocycles. The van der Waals surface area contributed by atoms with Gasteiger partial charge in [-0.05, 0) is 17.7 Å². The maximum absolute atomic E-state index is 10.3. The quantitative estimate of drug-likeness (QED) is 0.578. The highest BCUT2D eigenvalue weighted by Gasteiger charge is 1.96. The molecule has 0 radical (unpaired) electrons. The molecule has 0 saturated heterocycles. The van der Waals surface area contributed by atoms with Crippen LogP contribution in [0.25, 0.3) is 0 Å². The lowest BCUT2D eigenvalue weighted by Gasteiger charge is -2.00. The van der Waals surface area contributed by atoms with Crippen molar-refractivity contribution in [3.63, 3.8) is 0 Å². The Kier molecular flexibility index (Phi) is 3.35. The third-order valence-electron chi connectivity index (χ3n) is 1.45. The van der Waals surface area contributed by atoms with Crippen molar-refractivity contribution in [3.8, 4) is 6.07 Å². The predicted molar refractivity (Wildman–Crippen MR) is 50.3 cm³/mol. The molecule has 0 spiro atoms. The number of nitriles is 1. The molecule has 0 fully saturated rings. The Morgan fingerprint density at radius 2 is 2.08 bits per heavy atom. The Hall–Kier alpha value is -1.47. The minimum atomic E-state index is -0.607. The van der Waals surface area contributed by atoms with E-state index in [1.165, 1.54) is 0 Å². The number of rotatable bonds is 2. The van der Waals surface area contributed by atoms with Crippen LogP contribution in [0.3, 0.4) is 0 Å². The van der Waals surface area contributed by atoms with E-state index in [2.05, 4.69) is 17.4 Å². The SMILES string of the molecule is N#Cc1ccc(COC(=O)S)cc1. The van der Waals surface area contributed by atoms with Crippen LogP contribution in [0.1, 0.15) is 11.1 Å². The molecular weight excluding hydrogens is 186 g/mol. The first kappa shape index (κ1) is 9.62. The molecule has 0 amide bonds. The lowest BCUT2D eigenvalue weighted by molar-refractivity contribution is 0.169. The van der Waals surface area contributed by atoms with E-state index in [4.69, 9.17) is 5.26 Å². The van der Waals surface area contributed by atoms with Gasteiger partial charge in [-0.15, -0.1) is 0 Å². The highest BCUT2D eigenvalue weighted by atomic mass is 32.1. The van der Waals surface area contributed by atoms with Gasteiger partial charge >= 0.3 is 5.30 Å². The number of ether oxygens (including phenoxy) is 1. The van der Waals surface area contributed by atoms with E-state index < -0.39 is 5.30 Å². The molecule has 0 saturated carbocycles. The van der Waals surface area contributed by atoms with Crippen molar-refractivity contribution in [1.82, 2.24) is 0 Å². The van der Waals surface area contributed by atoms with Crippen molar-refractivity contribution in [2.24, 2.45) is 0 Å². The van der Waals surface area contributed by atoms with E-state index in [0.717, 1.165) is 5.56 Å². The number of hydrogen-bond acceptors (Lipinski definition) is 3. The number of carbonyl (C=O) groups is 1. The zero-order valence-corrected chi connectivity index (χ0v) is 7.62. The Labute approximate surface area is 81.3 Å². The Bertz CT molecular complexity index is 340. The van der Waals surface area contributed by atoms with E-state index in [0.29, 0.717) is 5.56 Å². The monoisotopic (exact) mass is 193 g/mol. The van der Waals surface area contributed by atoms with Crippen molar-refractivity contribution in [3.05, 3.63) is 35.4 Å². The molecule has 0 atom stereocenters. The van der Waals surface area contributed by atoms with Crippen LogP contribution in [0.5, 0.6) is 0 Å². The second-order valence-electron chi connectivity index (χ2n) is 2.36. The van der Waals surface area contributed by atoms with Crippen LogP contribution in [0.4, 0.5) is 4.79 Å². The lowest BCUT2D eigenvalue weighted by atomic mass is 10.2. The Morgan fingerprint density at radius 3 is 2.54 bits per heavy atom. The fourth-order valence-electron chi connectivity index (χ4n) is 0.821. The first-order chi connectivity index (χ1) is 6.22. The third-order valence-corrected chi connectivity index (χ3v) is 1.57. The van der Waals surface area contributed by atoms with E-state index in [1.54, 1.807) is 24.3 Å². The van der Waals surface area contributed by atoms with E-state index >= 15 is 0 Å². The molecule has 1 rings (SSSR count). The summed E-state index contributed by atoms with van der Waals surface area (Å²) in [5.74, 6) is 0. The van der Waals surface area contributed by atoms with Crippen LogP contribution in [0, 0.1) is 11.3 Å². The summed E-state index contributed by atoms with van der Waals surface area (Å²) in [5, 5.41) is 7.89. The van der Waals surface area contributed by atoms with Gasteiger partial charge < -0.3 is 4.74 Å². The van der Waals surface area contributed by atoms with Crippen molar-refractivity contribution >= 4 is 17.9 Å². The van der Waals surface area contributed by atoms with Gasteiger partial charge in [0.25, 0.3) is 0 Å². The van der Waals surface area contributed by atoms with Crippen molar-refractivity contribution in [2.45, 2.75) is 6.61 Å². The molecule has 0 bridgehead atoms. The standard InChI is InChI=1S/C9H7NO2S/c10-5-7-1-3-8(4-2-7)6-12-9(11)13/h1-4H,6H2,(H,11,13). The molecule has 0 aliphatic rings. The smallest absolute Gasteiger partial charge is 0.364 e. The minimum Gasteiger partial charge on any atom is -0.453 e.